The summed E-state index contributed by atoms with van der Waals surface area (Å²) < 4.78 is 0. The maximum absolute atomic E-state index is 5.52. The fourth-order valence-corrected chi connectivity index (χ4v) is 2.63. The third-order valence-corrected chi connectivity index (χ3v) is 3.47. The third kappa shape index (κ3) is 1.85. The van der Waals surface area contributed by atoms with Crippen molar-refractivity contribution >= 4 is 22.7 Å². The van der Waals surface area contributed by atoms with Gasteiger partial charge in [0.2, 0.25) is 0 Å². The topological polar surface area (TPSA) is 50.9 Å². The molecule has 2 aromatic heterocycles. The number of hydrogen-bond acceptors (Lipinski definition) is 5. The summed E-state index contributed by atoms with van der Waals surface area (Å²) in [6, 6.07) is 2.08. The van der Waals surface area contributed by atoms with E-state index in [0.29, 0.717) is 0 Å². The number of aryl methyl sites for hydroxylation is 1. The zero-order valence-electron chi connectivity index (χ0n) is 7.73. The molecule has 0 saturated heterocycles. The molecule has 0 aromatic carbocycles. The second-order valence-corrected chi connectivity index (χ2v) is 4.79. The maximum Gasteiger partial charge on any atom is 0.0898 e. The van der Waals surface area contributed by atoms with Crippen LogP contribution in [0.2, 0.25) is 0 Å². The zero-order valence-corrected chi connectivity index (χ0v) is 9.36. The van der Waals surface area contributed by atoms with Crippen molar-refractivity contribution in [3.63, 3.8) is 0 Å². The molecule has 0 aliphatic rings. The number of nitrogens with one attached hydrogen (secondary N) is 1. The molecule has 5 heteroatoms. The highest BCUT2D eigenvalue weighted by atomic mass is 32.1. The number of aromatic nitrogens is 1. The predicted molar refractivity (Wildman–Crippen MR) is 60.3 cm³/mol. The normalized spacial score (nSPS) is 13.0. The average molecular weight is 225 g/mol. The average Bonchev–Trinajstić information content (AvgIpc) is 2.79. The summed E-state index contributed by atoms with van der Waals surface area (Å²) in [5.74, 6) is 5.52. The monoisotopic (exact) mass is 225 g/mol. The lowest BCUT2D eigenvalue weighted by molar-refractivity contribution is 0.625. The van der Waals surface area contributed by atoms with E-state index in [1.54, 1.807) is 22.7 Å². The van der Waals surface area contributed by atoms with Gasteiger partial charge in [-0.3, -0.25) is 5.84 Å². The van der Waals surface area contributed by atoms with E-state index in [4.69, 9.17) is 5.84 Å². The van der Waals surface area contributed by atoms with Gasteiger partial charge in [0.1, 0.15) is 0 Å². The Kier molecular flexibility index (Phi) is 2.93. The van der Waals surface area contributed by atoms with Gasteiger partial charge in [0, 0.05) is 5.38 Å². The maximum atomic E-state index is 5.52. The predicted octanol–water partition coefficient (Wildman–Crippen LogP) is 2.07. The fraction of sp³-hybridized carbons (Fsp3) is 0.222. The second kappa shape index (κ2) is 4.18. The van der Waals surface area contributed by atoms with Gasteiger partial charge < -0.3 is 0 Å². The standard InChI is InChI=1S/C9H11N3S2/c1-6-11-8(5-14-6)9(12-10)7-2-3-13-4-7/h2-5,9,12H,10H2,1H3. The summed E-state index contributed by atoms with van der Waals surface area (Å²) in [4.78, 5) is 4.42. The number of nitrogens with zero attached hydrogens (tertiary/aromatic N) is 1. The van der Waals surface area contributed by atoms with Gasteiger partial charge in [-0.15, -0.1) is 11.3 Å². The first-order valence-corrected chi connectivity index (χ1v) is 6.03. The van der Waals surface area contributed by atoms with E-state index < -0.39 is 0 Å². The highest BCUT2D eigenvalue weighted by molar-refractivity contribution is 7.09. The molecule has 0 bridgehead atoms. The van der Waals surface area contributed by atoms with Crippen LogP contribution in [-0.2, 0) is 0 Å². The highest BCUT2D eigenvalue weighted by Gasteiger charge is 2.14. The number of thiazole rings is 1. The van der Waals surface area contributed by atoms with E-state index in [1.165, 1.54) is 5.56 Å². The Morgan fingerprint density at radius 3 is 2.86 bits per heavy atom. The van der Waals surface area contributed by atoms with E-state index in [2.05, 4.69) is 21.9 Å². The fourth-order valence-electron chi connectivity index (χ4n) is 1.30. The minimum absolute atomic E-state index is 0.0196. The van der Waals surface area contributed by atoms with Crippen molar-refractivity contribution in [1.82, 2.24) is 10.4 Å². The molecule has 0 aliphatic carbocycles. The van der Waals surface area contributed by atoms with Gasteiger partial charge in [-0.2, -0.15) is 11.3 Å². The Balaban J connectivity index is 2.31. The minimum atomic E-state index is 0.0196. The molecule has 0 fully saturated rings. The quantitative estimate of drug-likeness (QED) is 0.621. The summed E-state index contributed by atoms with van der Waals surface area (Å²) in [5.41, 5.74) is 4.95. The lowest BCUT2D eigenvalue weighted by Crippen LogP contribution is -2.28. The molecule has 74 valence electrons. The number of hydrazine groups is 1. The molecular formula is C9H11N3S2. The Bertz CT molecular complexity index is 394. The van der Waals surface area contributed by atoms with Crippen molar-refractivity contribution < 1.29 is 0 Å². The molecule has 0 amide bonds. The van der Waals surface area contributed by atoms with Crippen molar-refractivity contribution in [2.75, 3.05) is 0 Å². The molecule has 1 atom stereocenters. The van der Waals surface area contributed by atoms with Gasteiger partial charge in [0.15, 0.2) is 0 Å². The lowest BCUT2D eigenvalue weighted by Gasteiger charge is -2.11. The van der Waals surface area contributed by atoms with Crippen LogP contribution in [0.25, 0.3) is 0 Å². The van der Waals surface area contributed by atoms with Crippen molar-refractivity contribution in [3.05, 3.63) is 38.5 Å². The zero-order chi connectivity index (χ0) is 9.97. The molecule has 3 N–H and O–H groups in total. The van der Waals surface area contributed by atoms with Gasteiger partial charge in [-0.05, 0) is 29.3 Å². The number of nitrogens with two attached hydrogens (primary N) is 1. The molecule has 0 spiro atoms. The van der Waals surface area contributed by atoms with Gasteiger partial charge >= 0.3 is 0 Å². The second-order valence-electron chi connectivity index (χ2n) is 2.95. The number of thiophene rings is 1. The molecule has 0 radical (unpaired) electrons. The highest BCUT2D eigenvalue weighted by Crippen LogP contribution is 2.24. The van der Waals surface area contributed by atoms with Crippen LogP contribution in [0.4, 0.5) is 0 Å². The molecule has 2 heterocycles. The summed E-state index contributed by atoms with van der Waals surface area (Å²) in [6.45, 7) is 2.00. The Morgan fingerprint density at radius 1 is 1.50 bits per heavy atom. The van der Waals surface area contributed by atoms with Crippen molar-refractivity contribution in [1.29, 1.82) is 0 Å². The van der Waals surface area contributed by atoms with Gasteiger partial charge in [0.05, 0.1) is 16.7 Å². The first-order valence-electron chi connectivity index (χ1n) is 4.21. The van der Waals surface area contributed by atoms with Crippen molar-refractivity contribution in [2.24, 2.45) is 5.84 Å². The number of rotatable bonds is 3. The summed E-state index contributed by atoms with van der Waals surface area (Å²) >= 11 is 3.31. The van der Waals surface area contributed by atoms with E-state index in [9.17, 15) is 0 Å². The molecular weight excluding hydrogens is 214 g/mol. The molecule has 2 aromatic rings. The van der Waals surface area contributed by atoms with Gasteiger partial charge in [0.25, 0.3) is 0 Å². The lowest BCUT2D eigenvalue weighted by atomic mass is 10.1. The van der Waals surface area contributed by atoms with Crippen LogP contribution in [0.1, 0.15) is 22.3 Å². The van der Waals surface area contributed by atoms with Crippen molar-refractivity contribution in [2.45, 2.75) is 13.0 Å². The molecule has 0 saturated carbocycles. The SMILES string of the molecule is Cc1nc(C(NN)c2ccsc2)cs1. The first-order chi connectivity index (χ1) is 6.81. The Morgan fingerprint density at radius 2 is 2.36 bits per heavy atom. The van der Waals surface area contributed by atoms with Crippen LogP contribution in [0.3, 0.4) is 0 Å². The minimum Gasteiger partial charge on any atom is -0.271 e. The van der Waals surface area contributed by atoms with Crippen LogP contribution in [0.5, 0.6) is 0 Å². The molecule has 0 aliphatic heterocycles. The van der Waals surface area contributed by atoms with E-state index in [1.807, 2.05) is 17.7 Å². The Hall–Kier alpha value is -0.750. The van der Waals surface area contributed by atoms with E-state index in [0.717, 1.165) is 10.7 Å². The van der Waals surface area contributed by atoms with E-state index in [-0.39, 0.29) is 6.04 Å². The van der Waals surface area contributed by atoms with Crippen molar-refractivity contribution in [3.8, 4) is 0 Å². The van der Waals surface area contributed by atoms with Gasteiger partial charge in [-0.1, -0.05) is 0 Å². The van der Waals surface area contributed by atoms with Crippen LogP contribution in [-0.4, -0.2) is 4.98 Å². The van der Waals surface area contributed by atoms with Crippen LogP contribution in [0.15, 0.2) is 22.2 Å². The number of hydrogen-bond donors (Lipinski definition) is 2. The first kappa shape index (κ1) is 9.79. The largest absolute Gasteiger partial charge is 0.271 e. The van der Waals surface area contributed by atoms with Crippen LogP contribution >= 0.6 is 22.7 Å². The molecule has 1 unspecified atom stereocenters. The summed E-state index contributed by atoms with van der Waals surface area (Å²) in [6.07, 6.45) is 0. The Labute approximate surface area is 90.6 Å². The van der Waals surface area contributed by atoms with Crippen LogP contribution in [0, 0.1) is 6.92 Å². The molecule has 3 nitrogen and oxygen atoms in total. The third-order valence-electron chi connectivity index (χ3n) is 1.98. The van der Waals surface area contributed by atoms with Gasteiger partial charge in [-0.25, -0.2) is 10.4 Å². The smallest absolute Gasteiger partial charge is 0.0898 e. The molecule has 14 heavy (non-hydrogen) atoms. The molecule has 2 rings (SSSR count). The van der Waals surface area contributed by atoms with E-state index >= 15 is 0 Å². The van der Waals surface area contributed by atoms with Crippen LogP contribution < -0.4 is 11.3 Å². The summed E-state index contributed by atoms with van der Waals surface area (Å²) in [5, 5.41) is 7.23. The summed E-state index contributed by atoms with van der Waals surface area (Å²) in [7, 11) is 0.